The zero-order valence-corrected chi connectivity index (χ0v) is 23.9. The van der Waals surface area contributed by atoms with Crippen LogP contribution in [0.5, 0.6) is 0 Å². The standard InChI is InChI=1S/C31H28Cl2FNO6/c1-17(30(38)39)27(18-3-7-21(32)8-4-18)35-29(37)25-23(28(36)19-13-15-41-16-14-19)11-12-24(34)26(25)31(35,40-2)20-5-9-22(33)10-6-20/h3-12,17,19,27H,13-16H2,1-2H3,(H,38,39)/t17-,27-,31+/m0/s1. The van der Waals surface area contributed by atoms with Gasteiger partial charge in [0.1, 0.15) is 5.82 Å². The molecule has 7 nitrogen and oxygen atoms in total. The summed E-state index contributed by atoms with van der Waals surface area (Å²) < 4.78 is 27.6. The molecule has 3 aromatic rings. The van der Waals surface area contributed by atoms with Crippen molar-refractivity contribution in [1.29, 1.82) is 0 Å². The van der Waals surface area contributed by atoms with Crippen LogP contribution in [0.4, 0.5) is 4.39 Å². The molecular formula is C31H28Cl2FNO6. The van der Waals surface area contributed by atoms with E-state index in [1.807, 2.05) is 0 Å². The van der Waals surface area contributed by atoms with Gasteiger partial charge in [0.15, 0.2) is 11.5 Å². The minimum absolute atomic E-state index is 0.0639. The Labute approximate surface area is 246 Å². The van der Waals surface area contributed by atoms with Crippen LogP contribution in [0.2, 0.25) is 10.0 Å². The molecule has 10 heteroatoms. The molecule has 1 amide bonds. The van der Waals surface area contributed by atoms with Crippen LogP contribution >= 0.6 is 23.2 Å². The summed E-state index contributed by atoms with van der Waals surface area (Å²) in [5, 5.41) is 11.0. The van der Waals surface area contributed by atoms with Crippen molar-refractivity contribution >= 4 is 40.9 Å². The number of rotatable bonds is 8. The number of carboxylic acids is 1. The second-order valence-electron chi connectivity index (χ2n) is 10.2. The van der Waals surface area contributed by atoms with Gasteiger partial charge in [-0.25, -0.2) is 4.39 Å². The highest BCUT2D eigenvalue weighted by Crippen LogP contribution is 2.53. The molecule has 0 aromatic heterocycles. The van der Waals surface area contributed by atoms with Gasteiger partial charge in [0.05, 0.1) is 23.1 Å². The van der Waals surface area contributed by atoms with Crippen molar-refractivity contribution in [3.63, 3.8) is 0 Å². The minimum Gasteiger partial charge on any atom is -0.481 e. The van der Waals surface area contributed by atoms with Gasteiger partial charge in [0.25, 0.3) is 5.91 Å². The Kier molecular flexibility index (Phi) is 8.21. The lowest BCUT2D eigenvalue weighted by atomic mass is 9.85. The van der Waals surface area contributed by atoms with Crippen molar-refractivity contribution in [3.8, 4) is 0 Å². The molecule has 2 aliphatic rings. The van der Waals surface area contributed by atoms with Crippen LogP contribution in [-0.4, -0.2) is 48.0 Å². The molecule has 0 aliphatic carbocycles. The van der Waals surface area contributed by atoms with Crippen molar-refractivity contribution < 1.29 is 33.4 Å². The van der Waals surface area contributed by atoms with E-state index < -0.39 is 41.3 Å². The first-order chi connectivity index (χ1) is 19.6. The molecule has 1 saturated heterocycles. The normalized spacial score (nSPS) is 20.5. The molecule has 3 aromatic carbocycles. The zero-order valence-electron chi connectivity index (χ0n) is 22.4. The first-order valence-electron chi connectivity index (χ1n) is 13.2. The molecule has 0 spiro atoms. The zero-order chi connectivity index (χ0) is 29.5. The molecule has 1 fully saturated rings. The van der Waals surface area contributed by atoms with Crippen LogP contribution in [0.15, 0.2) is 60.7 Å². The molecular weight excluding hydrogens is 572 g/mol. The molecule has 2 aliphatic heterocycles. The Hall–Kier alpha value is -3.30. The number of fused-ring (bicyclic) bond motifs is 1. The number of carbonyl (C=O) groups excluding carboxylic acids is 2. The number of ketones is 1. The van der Waals surface area contributed by atoms with E-state index >= 15 is 4.39 Å². The third-order valence-corrected chi connectivity index (χ3v) is 8.51. The van der Waals surface area contributed by atoms with Gasteiger partial charge in [-0.05, 0) is 61.7 Å². The molecule has 0 bridgehead atoms. The number of Topliss-reactive ketones (excluding diaryl/α,β-unsaturated/α-hetero) is 1. The van der Waals surface area contributed by atoms with E-state index in [1.165, 1.54) is 25.0 Å². The van der Waals surface area contributed by atoms with E-state index in [-0.39, 0.29) is 22.5 Å². The summed E-state index contributed by atoms with van der Waals surface area (Å²) in [6.07, 6.45) is 0.942. The van der Waals surface area contributed by atoms with E-state index in [0.29, 0.717) is 47.2 Å². The van der Waals surface area contributed by atoms with Gasteiger partial charge in [0.2, 0.25) is 0 Å². The fourth-order valence-corrected chi connectivity index (χ4v) is 6.21. The van der Waals surface area contributed by atoms with Crippen molar-refractivity contribution in [3.05, 3.63) is 104 Å². The average molecular weight is 600 g/mol. The molecule has 214 valence electrons. The van der Waals surface area contributed by atoms with E-state index in [9.17, 15) is 19.5 Å². The smallest absolute Gasteiger partial charge is 0.308 e. The first kappa shape index (κ1) is 29.2. The van der Waals surface area contributed by atoms with E-state index in [4.69, 9.17) is 32.7 Å². The number of methoxy groups -OCH3 is 1. The second-order valence-corrected chi connectivity index (χ2v) is 11.1. The summed E-state index contributed by atoms with van der Waals surface area (Å²) in [6, 6.07) is 14.1. The van der Waals surface area contributed by atoms with Crippen LogP contribution in [0.1, 0.15) is 63.2 Å². The summed E-state index contributed by atoms with van der Waals surface area (Å²) in [5.74, 6) is -4.55. The van der Waals surface area contributed by atoms with Gasteiger partial charge < -0.3 is 14.6 Å². The van der Waals surface area contributed by atoms with Crippen LogP contribution in [0.3, 0.4) is 0 Å². The average Bonchev–Trinajstić information content (AvgIpc) is 3.24. The van der Waals surface area contributed by atoms with Crippen molar-refractivity contribution in [2.75, 3.05) is 20.3 Å². The van der Waals surface area contributed by atoms with Gasteiger partial charge in [0, 0.05) is 47.4 Å². The van der Waals surface area contributed by atoms with Gasteiger partial charge in [-0.2, -0.15) is 0 Å². The maximum Gasteiger partial charge on any atom is 0.308 e. The highest BCUT2D eigenvalue weighted by Gasteiger charge is 2.58. The summed E-state index contributed by atoms with van der Waals surface area (Å²) in [6.45, 7) is 2.27. The molecule has 3 atom stereocenters. The Morgan fingerprint density at radius 1 is 1.02 bits per heavy atom. The SMILES string of the molecule is CO[C@]1(c2ccc(Cl)cc2)c2c(F)ccc(C(=O)C3CCOCC3)c2C(=O)N1[C@H](c1ccc(Cl)cc1)[C@H](C)C(=O)O. The Morgan fingerprint density at radius 2 is 1.61 bits per heavy atom. The Balaban J connectivity index is 1.82. The summed E-state index contributed by atoms with van der Waals surface area (Å²) in [7, 11) is 1.32. The molecule has 5 rings (SSSR count). The summed E-state index contributed by atoms with van der Waals surface area (Å²) in [5.41, 5.74) is -1.38. The van der Waals surface area contributed by atoms with Gasteiger partial charge >= 0.3 is 5.97 Å². The predicted molar refractivity (Wildman–Crippen MR) is 151 cm³/mol. The number of amides is 1. The number of ether oxygens (including phenoxy) is 2. The molecule has 0 unspecified atom stereocenters. The maximum absolute atomic E-state index is 16.1. The third-order valence-electron chi connectivity index (χ3n) is 8.01. The number of benzene rings is 3. The third kappa shape index (κ3) is 4.93. The van der Waals surface area contributed by atoms with Crippen molar-refractivity contribution in [2.45, 2.75) is 31.5 Å². The molecule has 0 saturated carbocycles. The molecule has 1 N–H and O–H groups in total. The van der Waals surface area contributed by atoms with Crippen molar-refractivity contribution in [1.82, 2.24) is 4.90 Å². The fraction of sp³-hybridized carbons (Fsp3) is 0.323. The highest BCUT2D eigenvalue weighted by atomic mass is 35.5. The van der Waals surface area contributed by atoms with E-state index in [2.05, 4.69) is 0 Å². The number of hydrogen-bond donors (Lipinski definition) is 1. The van der Waals surface area contributed by atoms with Gasteiger partial charge in [-0.1, -0.05) is 47.5 Å². The number of nitrogens with zero attached hydrogens (tertiary/aromatic N) is 1. The largest absolute Gasteiger partial charge is 0.481 e. The summed E-state index contributed by atoms with van der Waals surface area (Å²) >= 11 is 12.3. The van der Waals surface area contributed by atoms with Crippen LogP contribution in [-0.2, 0) is 20.0 Å². The lowest BCUT2D eigenvalue weighted by Gasteiger charge is -2.44. The monoisotopic (exact) mass is 599 g/mol. The van der Waals surface area contributed by atoms with E-state index in [0.717, 1.165) is 6.07 Å². The number of aliphatic carboxylic acids is 1. The summed E-state index contributed by atoms with van der Waals surface area (Å²) in [4.78, 5) is 42.2. The maximum atomic E-state index is 16.1. The van der Waals surface area contributed by atoms with Crippen LogP contribution in [0, 0.1) is 17.7 Å². The fourth-order valence-electron chi connectivity index (χ4n) is 5.96. The minimum atomic E-state index is -1.93. The number of hydrogen-bond acceptors (Lipinski definition) is 5. The lowest BCUT2D eigenvalue weighted by Crippen LogP contribution is -2.51. The van der Waals surface area contributed by atoms with E-state index in [1.54, 1.807) is 48.5 Å². The quantitative estimate of drug-likeness (QED) is 0.297. The lowest BCUT2D eigenvalue weighted by molar-refractivity contribution is -0.149. The second kappa shape index (κ2) is 11.5. The number of carbonyl (C=O) groups is 3. The number of carboxylic acid groups (broad SMARTS) is 1. The Morgan fingerprint density at radius 3 is 2.17 bits per heavy atom. The van der Waals surface area contributed by atoms with Gasteiger partial charge in [-0.15, -0.1) is 0 Å². The Bertz CT molecular complexity index is 1490. The highest BCUT2D eigenvalue weighted by molar-refractivity contribution is 6.30. The van der Waals surface area contributed by atoms with Crippen LogP contribution in [0.25, 0.3) is 0 Å². The van der Waals surface area contributed by atoms with Crippen molar-refractivity contribution in [2.24, 2.45) is 11.8 Å². The predicted octanol–water partition coefficient (Wildman–Crippen LogP) is 6.51. The van der Waals surface area contributed by atoms with Crippen LogP contribution < -0.4 is 0 Å². The molecule has 41 heavy (non-hydrogen) atoms. The first-order valence-corrected chi connectivity index (χ1v) is 14.0. The molecule has 2 heterocycles. The topological polar surface area (TPSA) is 93.1 Å². The molecule has 0 radical (unpaired) electrons. The number of halogens is 3. The van der Waals surface area contributed by atoms with Gasteiger partial charge in [-0.3, -0.25) is 19.3 Å².